The van der Waals surface area contributed by atoms with Crippen molar-refractivity contribution in [3.05, 3.63) is 35.1 Å². The molecule has 0 saturated carbocycles. The van der Waals surface area contributed by atoms with Crippen LogP contribution in [0.5, 0.6) is 0 Å². The first-order valence-electron chi connectivity index (χ1n) is 5.66. The van der Waals surface area contributed by atoms with Crippen LogP contribution in [-0.4, -0.2) is 12.5 Å². The number of alkyl halides is 3. The summed E-state index contributed by atoms with van der Waals surface area (Å²) in [5.41, 5.74) is -2.27. The Balaban J connectivity index is 2.99. The summed E-state index contributed by atoms with van der Waals surface area (Å²) in [5.74, 6) is -2.39. The molecule has 1 N–H and O–H groups in total. The molecule has 19 heavy (non-hydrogen) atoms. The second-order valence-corrected chi connectivity index (χ2v) is 5.41. The highest BCUT2D eigenvalue weighted by Gasteiger charge is 2.35. The lowest BCUT2D eigenvalue weighted by Crippen LogP contribution is -2.33. The van der Waals surface area contributed by atoms with Crippen LogP contribution in [0.2, 0.25) is 0 Å². The molecule has 0 fully saturated rings. The molecular formula is C13H15F4NO. The predicted molar refractivity (Wildman–Crippen MR) is 63.2 cm³/mol. The topological polar surface area (TPSA) is 29.1 Å². The highest BCUT2D eigenvalue weighted by molar-refractivity contribution is 5.94. The Kier molecular flexibility index (Phi) is 4.22. The van der Waals surface area contributed by atoms with Crippen molar-refractivity contribution in [1.29, 1.82) is 0 Å². The minimum absolute atomic E-state index is 0.238. The lowest BCUT2D eigenvalue weighted by atomic mass is 9.97. The maximum atomic E-state index is 13.7. The van der Waals surface area contributed by atoms with E-state index in [9.17, 15) is 22.4 Å². The van der Waals surface area contributed by atoms with Crippen LogP contribution in [-0.2, 0) is 6.18 Å². The van der Waals surface area contributed by atoms with Gasteiger partial charge in [0.25, 0.3) is 5.91 Å². The van der Waals surface area contributed by atoms with Crippen LogP contribution >= 0.6 is 0 Å². The molecule has 2 nitrogen and oxygen atoms in total. The molecule has 6 heteroatoms. The van der Waals surface area contributed by atoms with E-state index in [2.05, 4.69) is 5.32 Å². The van der Waals surface area contributed by atoms with Crippen LogP contribution in [0.3, 0.4) is 0 Å². The molecule has 0 heterocycles. The average Bonchev–Trinajstić information content (AvgIpc) is 2.23. The SMILES string of the molecule is CC(C)(C)CNC(=O)c1cccc(C(F)(F)F)c1F. The van der Waals surface area contributed by atoms with Crippen LogP contribution < -0.4 is 5.32 Å². The second-order valence-electron chi connectivity index (χ2n) is 5.41. The van der Waals surface area contributed by atoms with Gasteiger partial charge in [0.2, 0.25) is 0 Å². The number of nitrogens with one attached hydrogen (secondary N) is 1. The predicted octanol–water partition coefficient (Wildman–Crippen LogP) is 3.62. The van der Waals surface area contributed by atoms with E-state index < -0.39 is 29.0 Å². The van der Waals surface area contributed by atoms with Crippen LogP contribution in [0.1, 0.15) is 36.7 Å². The van der Waals surface area contributed by atoms with Crippen molar-refractivity contribution in [2.24, 2.45) is 5.41 Å². The van der Waals surface area contributed by atoms with E-state index >= 15 is 0 Å². The number of amides is 1. The molecule has 0 spiro atoms. The number of hydrogen-bond acceptors (Lipinski definition) is 1. The minimum Gasteiger partial charge on any atom is -0.351 e. The average molecular weight is 277 g/mol. The van der Waals surface area contributed by atoms with Gasteiger partial charge in [-0.25, -0.2) is 4.39 Å². The summed E-state index contributed by atoms with van der Waals surface area (Å²) < 4.78 is 51.1. The van der Waals surface area contributed by atoms with Gasteiger partial charge in [0, 0.05) is 6.54 Å². The summed E-state index contributed by atoms with van der Waals surface area (Å²) in [4.78, 5) is 11.7. The van der Waals surface area contributed by atoms with Crippen molar-refractivity contribution >= 4 is 5.91 Å². The van der Waals surface area contributed by atoms with Gasteiger partial charge in [-0.05, 0) is 17.5 Å². The lowest BCUT2D eigenvalue weighted by molar-refractivity contribution is -0.140. The Morgan fingerprint density at radius 3 is 2.26 bits per heavy atom. The molecule has 0 aliphatic carbocycles. The Morgan fingerprint density at radius 1 is 1.21 bits per heavy atom. The van der Waals surface area contributed by atoms with Gasteiger partial charge in [-0.15, -0.1) is 0 Å². The fraction of sp³-hybridized carbons (Fsp3) is 0.462. The van der Waals surface area contributed by atoms with Gasteiger partial charge < -0.3 is 5.32 Å². The summed E-state index contributed by atoms with van der Waals surface area (Å²) >= 11 is 0. The zero-order valence-corrected chi connectivity index (χ0v) is 10.9. The van der Waals surface area contributed by atoms with E-state index in [0.29, 0.717) is 6.07 Å². The molecule has 1 rings (SSSR count). The molecule has 0 atom stereocenters. The second kappa shape index (κ2) is 5.19. The summed E-state index contributed by atoms with van der Waals surface area (Å²) in [6.07, 6.45) is -4.82. The lowest BCUT2D eigenvalue weighted by Gasteiger charge is -2.19. The molecule has 0 unspecified atom stereocenters. The van der Waals surface area contributed by atoms with Gasteiger partial charge in [-0.1, -0.05) is 26.8 Å². The first-order valence-corrected chi connectivity index (χ1v) is 5.66. The smallest absolute Gasteiger partial charge is 0.351 e. The Labute approximate surface area is 108 Å². The molecule has 0 aromatic heterocycles. The fourth-order valence-corrected chi connectivity index (χ4v) is 1.37. The standard InChI is InChI=1S/C13H15F4NO/c1-12(2,3)7-18-11(19)8-5-4-6-9(10(8)14)13(15,16)17/h4-6H,7H2,1-3H3,(H,18,19). The van der Waals surface area contributed by atoms with E-state index in [1.54, 1.807) is 0 Å². The van der Waals surface area contributed by atoms with Gasteiger partial charge in [-0.2, -0.15) is 13.2 Å². The Hall–Kier alpha value is -1.59. The minimum atomic E-state index is -4.82. The number of benzene rings is 1. The molecule has 0 aliphatic rings. The first kappa shape index (κ1) is 15.5. The summed E-state index contributed by atoms with van der Waals surface area (Å²) in [6.45, 7) is 5.77. The number of hydrogen-bond donors (Lipinski definition) is 1. The van der Waals surface area contributed by atoms with Crippen molar-refractivity contribution in [1.82, 2.24) is 5.32 Å². The first-order chi connectivity index (χ1) is 8.52. The largest absolute Gasteiger partial charge is 0.419 e. The molecule has 0 aliphatic heterocycles. The zero-order chi connectivity index (χ0) is 14.8. The van der Waals surface area contributed by atoms with E-state index in [1.165, 1.54) is 0 Å². The van der Waals surface area contributed by atoms with Crippen molar-refractivity contribution < 1.29 is 22.4 Å². The third-order valence-corrected chi connectivity index (χ3v) is 2.33. The van der Waals surface area contributed by atoms with Crippen molar-refractivity contribution in [3.63, 3.8) is 0 Å². The molecular weight excluding hydrogens is 262 g/mol. The quantitative estimate of drug-likeness (QED) is 0.822. The van der Waals surface area contributed by atoms with Gasteiger partial charge >= 0.3 is 6.18 Å². The third kappa shape index (κ3) is 4.22. The normalized spacial score (nSPS) is 12.4. The summed E-state index contributed by atoms with van der Waals surface area (Å²) in [6, 6.07) is 2.65. The molecule has 0 bridgehead atoms. The molecule has 1 aromatic rings. The molecule has 106 valence electrons. The maximum Gasteiger partial charge on any atom is 0.419 e. The van der Waals surface area contributed by atoms with Gasteiger partial charge in [0.05, 0.1) is 11.1 Å². The fourth-order valence-electron chi connectivity index (χ4n) is 1.37. The Morgan fingerprint density at radius 2 is 1.79 bits per heavy atom. The van der Waals surface area contributed by atoms with Crippen LogP contribution in [0.4, 0.5) is 17.6 Å². The number of halogens is 4. The molecule has 1 aromatic carbocycles. The van der Waals surface area contributed by atoms with Crippen molar-refractivity contribution in [2.45, 2.75) is 26.9 Å². The zero-order valence-electron chi connectivity index (χ0n) is 10.9. The summed E-state index contributed by atoms with van der Waals surface area (Å²) in [5, 5.41) is 2.41. The van der Waals surface area contributed by atoms with Gasteiger partial charge in [-0.3, -0.25) is 4.79 Å². The maximum absolute atomic E-state index is 13.7. The van der Waals surface area contributed by atoms with E-state index in [0.717, 1.165) is 12.1 Å². The number of rotatable bonds is 2. The monoisotopic (exact) mass is 277 g/mol. The van der Waals surface area contributed by atoms with Crippen LogP contribution in [0.25, 0.3) is 0 Å². The van der Waals surface area contributed by atoms with Gasteiger partial charge in [0.1, 0.15) is 5.82 Å². The number of carbonyl (C=O) groups excluding carboxylic acids is 1. The van der Waals surface area contributed by atoms with Crippen molar-refractivity contribution in [2.75, 3.05) is 6.54 Å². The highest BCUT2D eigenvalue weighted by Crippen LogP contribution is 2.32. The highest BCUT2D eigenvalue weighted by atomic mass is 19.4. The van der Waals surface area contributed by atoms with E-state index in [1.807, 2.05) is 20.8 Å². The third-order valence-electron chi connectivity index (χ3n) is 2.33. The molecule has 0 radical (unpaired) electrons. The molecule has 0 saturated heterocycles. The Bertz CT molecular complexity index is 475. The molecule has 1 amide bonds. The van der Waals surface area contributed by atoms with E-state index in [-0.39, 0.29) is 12.0 Å². The van der Waals surface area contributed by atoms with Crippen molar-refractivity contribution in [3.8, 4) is 0 Å². The van der Waals surface area contributed by atoms with Crippen LogP contribution in [0, 0.1) is 11.2 Å². The van der Waals surface area contributed by atoms with E-state index in [4.69, 9.17) is 0 Å². The number of carbonyl (C=O) groups is 1. The van der Waals surface area contributed by atoms with Gasteiger partial charge in [0.15, 0.2) is 0 Å². The summed E-state index contributed by atoms with van der Waals surface area (Å²) in [7, 11) is 0. The van der Waals surface area contributed by atoms with Crippen LogP contribution in [0.15, 0.2) is 18.2 Å².